The summed E-state index contributed by atoms with van der Waals surface area (Å²) in [5.74, 6) is 1.51. The number of methoxy groups -OCH3 is 1. The van der Waals surface area contributed by atoms with Crippen molar-refractivity contribution >= 4 is 12.2 Å². The molecule has 5 rings (SSSR count). The minimum absolute atomic E-state index is 0.000904. The van der Waals surface area contributed by atoms with Gasteiger partial charge >= 0.3 is 0 Å². The molecule has 0 N–H and O–H groups in total. The highest BCUT2D eigenvalue weighted by atomic mass is 16.5. The number of benzene rings is 2. The normalized spacial score (nSPS) is 16.1. The van der Waals surface area contributed by atoms with Gasteiger partial charge in [-0.05, 0) is 48.4 Å². The SMILES string of the molecule is CCc1ccc(C(=O)N2CCC3(CC2)Oc2ccccc2-n2c(C=O)ccc23)cc1OC. The Balaban J connectivity index is 1.42. The molecule has 6 heteroatoms. The third kappa shape index (κ3) is 3.09. The van der Waals surface area contributed by atoms with Gasteiger partial charge in [-0.2, -0.15) is 0 Å². The summed E-state index contributed by atoms with van der Waals surface area (Å²) in [5, 5.41) is 0. The fourth-order valence-corrected chi connectivity index (χ4v) is 4.94. The van der Waals surface area contributed by atoms with Gasteiger partial charge in [-0.1, -0.05) is 25.1 Å². The molecule has 1 saturated heterocycles. The van der Waals surface area contributed by atoms with Crippen LogP contribution in [0.1, 0.15) is 51.9 Å². The zero-order valence-corrected chi connectivity index (χ0v) is 18.3. The number of carbonyl (C=O) groups is 2. The number of hydrogen-bond donors (Lipinski definition) is 0. The zero-order valence-electron chi connectivity index (χ0n) is 18.3. The van der Waals surface area contributed by atoms with Crippen molar-refractivity contribution in [3.05, 3.63) is 77.1 Å². The molecule has 0 bridgehead atoms. The predicted octanol–water partition coefficient (Wildman–Crippen LogP) is 4.38. The number of aldehydes is 1. The Morgan fingerprint density at radius 3 is 2.62 bits per heavy atom. The predicted molar refractivity (Wildman–Crippen MR) is 121 cm³/mol. The largest absolute Gasteiger partial charge is 0.496 e. The van der Waals surface area contributed by atoms with E-state index in [9.17, 15) is 9.59 Å². The minimum atomic E-state index is -0.559. The van der Waals surface area contributed by atoms with Gasteiger partial charge in [0.1, 0.15) is 11.5 Å². The number of aryl methyl sites for hydroxylation is 1. The molecule has 3 heterocycles. The van der Waals surface area contributed by atoms with Gasteiger partial charge in [-0.15, -0.1) is 0 Å². The monoisotopic (exact) mass is 430 g/mol. The standard InChI is InChI=1S/C26H26N2O4/c1-3-18-8-9-19(16-23(18)31-2)25(30)27-14-12-26(13-15-27)24-11-10-20(17-29)28(24)21-6-4-5-7-22(21)32-26/h4-11,16-17H,3,12-15H2,1-2H3. The Kier molecular flexibility index (Phi) is 5.00. The van der Waals surface area contributed by atoms with Gasteiger partial charge < -0.3 is 18.9 Å². The molecule has 1 aromatic heterocycles. The third-order valence-electron chi connectivity index (χ3n) is 6.68. The van der Waals surface area contributed by atoms with Crippen LogP contribution in [-0.2, 0) is 12.0 Å². The average Bonchev–Trinajstić information content (AvgIpc) is 3.29. The number of rotatable bonds is 4. The van der Waals surface area contributed by atoms with Crippen LogP contribution in [0.5, 0.6) is 11.5 Å². The molecule has 6 nitrogen and oxygen atoms in total. The van der Waals surface area contributed by atoms with Crippen LogP contribution in [0.15, 0.2) is 54.6 Å². The summed E-state index contributed by atoms with van der Waals surface area (Å²) in [7, 11) is 1.63. The molecular formula is C26H26N2O4. The van der Waals surface area contributed by atoms with Crippen LogP contribution in [-0.4, -0.2) is 41.9 Å². The van der Waals surface area contributed by atoms with Crippen LogP contribution in [0.2, 0.25) is 0 Å². The summed E-state index contributed by atoms with van der Waals surface area (Å²) in [6.45, 7) is 3.21. The van der Waals surface area contributed by atoms with Crippen molar-refractivity contribution in [1.29, 1.82) is 0 Å². The fraction of sp³-hybridized carbons (Fsp3) is 0.308. The van der Waals surface area contributed by atoms with Gasteiger partial charge in [-0.25, -0.2) is 0 Å². The van der Waals surface area contributed by atoms with Crippen molar-refractivity contribution in [1.82, 2.24) is 9.47 Å². The second-order valence-corrected chi connectivity index (χ2v) is 8.33. The number of likely N-dealkylation sites (tertiary alicyclic amines) is 1. The molecule has 2 aliphatic heterocycles. The Hall–Kier alpha value is -3.54. The summed E-state index contributed by atoms with van der Waals surface area (Å²) in [6.07, 6.45) is 3.04. The maximum atomic E-state index is 13.2. The molecular weight excluding hydrogens is 404 g/mol. The average molecular weight is 431 g/mol. The van der Waals surface area contributed by atoms with E-state index in [2.05, 4.69) is 6.92 Å². The second kappa shape index (κ2) is 7.86. The highest BCUT2D eigenvalue weighted by molar-refractivity contribution is 5.95. The van der Waals surface area contributed by atoms with Gasteiger partial charge in [0.15, 0.2) is 11.9 Å². The first-order valence-electron chi connectivity index (χ1n) is 11.0. The van der Waals surface area contributed by atoms with Gasteiger partial charge in [0, 0.05) is 31.5 Å². The highest BCUT2D eigenvalue weighted by Gasteiger charge is 2.45. The van der Waals surface area contributed by atoms with Crippen molar-refractivity contribution in [2.24, 2.45) is 0 Å². The van der Waals surface area contributed by atoms with Gasteiger partial charge in [0.05, 0.1) is 24.2 Å². The third-order valence-corrected chi connectivity index (χ3v) is 6.68. The number of aromatic nitrogens is 1. The van der Waals surface area contributed by atoms with E-state index in [0.29, 0.717) is 37.2 Å². The van der Waals surface area contributed by atoms with E-state index in [1.54, 1.807) is 7.11 Å². The van der Waals surface area contributed by atoms with Crippen molar-refractivity contribution in [2.75, 3.05) is 20.2 Å². The highest BCUT2D eigenvalue weighted by Crippen LogP contribution is 2.45. The zero-order chi connectivity index (χ0) is 22.3. The Labute approximate surface area is 187 Å². The molecule has 1 spiro atoms. The van der Waals surface area contributed by atoms with Crippen LogP contribution in [0.25, 0.3) is 5.69 Å². The van der Waals surface area contributed by atoms with E-state index >= 15 is 0 Å². The number of amides is 1. The molecule has 0 atom stereocenters. The Bertz CT molecular complexity index is 1190. The Morgan fingerprint density at radius 2 is 1.91 bits per heavy atom. The first-order valence-corrected chi connectivity index (χ1v) is 11.0. The molecule has 0 radical (unpaired) electrons. The van der Waals surface area contributed by atoms with E-state index in [1.165, 1.54) is 0 Å². The molecule has 2 aliphatic rings. The van der Waals surface area contributed by atoms with E-state index < -0.39 is 5.60 Å². The number of piperidine rings is 1. The van der Waals surface area contributed by atoms with Crippen molar-refractivity contribution in [3.8, 4) is 17.2 Å². The molecule has 3 aromatic rings. The molecule has 32 heavy (non-hydrogen) atoms. The number of nitrogens with zero attached hydrogens (tertiary/aromatic N) is 2. The van der Waals surface area contributed by atoms with Crippen molar-refractivity contribution < 1.29 is 19.1 Å². The molecule has 0 saturated carbocycles. The van der Waals surface area contributed by atoms with Crippen LogP contribution >= 0.6 is 0 Å². The molecule has 164 valence electrons. The van der Waals surface area contributed by atoms with Crippen molar-refractivity contribution in [3.63, 3.8) is 0 Å². The fourth-order valence-electron chi connectivity index (χ4n) is 4.94. The van der Waals surface area contributed by atoms with Crippen molar-refractivity contribution in [2.45, 2.75) is 31.8 Å². The molecule has 1 fully saturated rings. The Morgan fingerprint density at radius 1 is 1.12 bits per heavy atom. The van der Waals surface area contributed by atoms with Gasteiger partial charge in [0.2, 0.25) is 0 Å². The molecule has 0 unspecified atom stereocenters. The maximum absolute atomic E-state index is 13.2. The lowest BCUT2D eigenvalue weighted by molar-refractivity contribution is -0.00940. The second-order valence-electron chi connectivity index (χ2n) is 8.33. The lowest BCUT2D eigenvalue weighted by Gasteiger charge is -2.45. The number of fused-ring (bicyclic) bond motifs is 4. The van der Waals surface area contributed by atoms with Crippen LogP contribution in [0.3, 0.4) is 0 Å². The molecule has 1 amide bonds. The minimum Gasteiger partial charge on any atom is -0.496 e. The smallest absolute Gasteiger partial charge is 0.253 e. The number of ether oxygens (including phenoxy) is 2. The number of para-hydroxylation sites is 2. The topological polar surface area (TPSA) is 60.8 Å². The number of hydrogen-bond acceptors (Lipinski definition) is 4. The quantitative estimate of drug-likeness (QED) is 0.576. The molecule has 0 aliphatic carbocycles. The van der Waals surface area contributed by atoms with Gasteiger partial charge in [-0.3, -0.25) is 9.59 Å². The van der Waals surface area contributed by atoms with Gasteiger partial charge in [0.25, 0.3) is 5.91 Å². The van der Waals surface area contributed by atoms with E-state index in [-0.39, 0.29) is 5.91 Å². The summed E-state index contributed by atoms with van der Waals surface area (Å²) in [4.78, 5) is 26.8. The maximum Gasteiger partial charge on any atom is 0.253 e. The van der Waals surface area contributed by atoms with E-state index in [1.807, 2.05) is 64.1 Å². The molecule has 2 aromatic carbocycles. The first kappa shape index (κ1) is 20.4. The number of carbonyl (C=O) groups excluding carboxylic acids is 2. The summed E-state index contributed by atoms with van der Waals surface area (Å²) >= 11 is 0. The first-order chi connectivity index (χ1) is 15.6. The van der Waals surface area contributed by atoms with E-state index in [4.69, 9.17) is 9.47 Å². The summed E-state index contributed by atoms with van der Waals surface area (Å²) < 4.78 is 14.0. The van der Waals surface area contributed by atoms with E-state index in [0.717, 1.165) is 41.2 Å². The lowest BCUT2D eigenvalue weighted by atomic mass is 9.86. The summed E-state index contributed by atoms with van der Waals surface area (Å²) in [6, 6.07) is 17.3. The lowest BCUT2D eigenvalue weighted by Crippen LogP contribution is -2.50. The van der Waals surface area contributed by atoms with Crippen LogP contribution < -0.4 is 9.47 Å². The van der Waals surface area contributed by atoms with Crippen LogP contribution in [0, 0.1) is 0 Å². The van der Waals surface area contributed by atoms with Crippen LogP contribution in [0.4, 0.5) is 0 Å². The summed E-state index contributed by atoms with van der Waals surface area (Å²) in [5.41, 5.74) is 3.62.